The molecule has 0 aliphatic carbocycles. The summed E-state index contributed by atoms with van der Waals surface area (Å²) in [4.78, 5) is 0. The van der Waals surface area contributed by atoms with E-state index in [1.807, 2.05) is 0 Å². The van der Waals surface area contributed by atoms with Crippen LogP contribution in [0.3, 0.4) is 0 Å². The Bertz CT molecular complexity index is 315. The number of rotatable bonds is 4. The Hall–Kier alpha value is -1.29. The van der Waals surface area contributed by atoms with Crippen molar-refractivity contribution in [3.63, 3.8) is 0 Å². The van der Waals surface area contributed by atoms with E-state index in [0.717, 1.165) is 0 Å². The maximum Gasteiger partial charge on any atom is 0.163 e. The molecule has 1 rings (SSSR count). The molecule has 4 heteroatoms. The minimum Gasteiger partial charge on any atom is -0.493 e. The number of benzene rings is 1. The summed E-state index contributed by atoms with van der Waals surface area (Å²) in [6.07, 6.45) is 0. The van der Waals surface area contributed by atoms with Crippen LogP contribution in [0.1, 0.15) is 5.56 Å². The van der Waals surface area contributed by atoms with Crippen molar-refractivity contribution in [2.45, 2.75) is 6.54 Å². The summed E-state index contributed by atoms with van der Waals surface area (Å²) in [5, 5.41) is 3.61. The van der Waals surface area contributed by atoms with Gasteiger partial charge in [0.1, 0.15) is 5.82 Å². The average Bonchev–Trinajstić information content (AvgIpc) is 2.20. The molecular weight excluding hydrogens is 185 g/mol. The van der Waals surface area contributed by atoms with Gasteiger partial charge in [0.15, 0.2) is 11.5 Å². The highest BCUT2D eigenvalue weighted by molar-refractivity contribution is 5.43. The molecule has 0 aliphatic rings. The molecule has 0 spiro atoms. The Kier molecular flexibility index (Phi) is 3.71. The second-order valence-electron chi connectivity index (χ2n) is 2.68. The predicted molar refractivity (Wildman–Crippen MR) is 50.7 cm³/mol. The van der Waals surface area contributed by atoms with Crippen molar-refractivity contribution in [2.75, 3.05) is 14.2 Å². The Morgan fingerprint density at radius 1 is 1.29 bits per heavy atom. The molecule has 0 N–H and O–H groups in total. The molecular formula is C10H12FNO2-. The van der Waals surface area contributed by atoms with Crippen LogP contribution in [0.15, 0.2) is 12.1 Å². The highest BCUT2D eigenvalue weighted by Gasteiger charge is 2.09. The third-order valence-corrected chi connectivity index (χ3v) is 1.83. The first-order chi connectivity index (χ1) is 6.72. The van der Waals surface area contributed by atoms with Gasteiger partial charge in [0, 0.05) is 18.2 Å². The van der Waals surface area contributed by atoms with Gasteiger partial charge in [0.05, 0.1) is 14.2 Å². The zero-order chi connectivity index (χ0) is 10.6. The Balaban J connectivity index is 3.09. The lowest BCUT2D eigenvalue weighted by molar-refractivity contribution is 0.351. The molecule has 0 aromatic heterocycles. The molecule has 0 heterocycles. The lowest BCUT2D eigenvalue weighted by atomic mass is 10.2. The summed E-state index contributed by atoms with van der Waals surface area (Å²) in [5.41, 5.74) is 0.442. The van der Waals surface area contributed by atoms with Gasteiger partial charge in [-0.1, -0.05) is 0 Å². The van der Waals surface area contributed by atoms with Crippen LogP contribution in [-0.2, 0) is 6.54 Å². The van der Waals surface area contributed by atoms with Gasteiger partial charge in [-0.05, 0) is 6.07 Å². The Morgan fingerprint density at radius 3 is 2.36 bits per heavy atom. The number of hydrogen-bond acceptors (Lipinski definition) is 2. The zero-order valence-electron chi connectivity index (χ0n) is 8.21. The number of hydrogen-bond donors (Lipinski definition) is 0. The van der Waals surface area contributed by atoms with Crippen molar-refractivity contribution in [1.29, 1.82) is 0 Å². The van der Waals surface area contributed by atoms with Crippen molar-refractivity contribution >= 4 is 0 Å². The predicted octanol–water partition coefficient (Wildman–Crippen LogP) is 1.74. The van der Waals surface area contributed by atoms with Crippen molar-refractivity contribution in [2.24, 2.45) is 0 Å². The Labute approximate surface area is 82.8 Å². The van der Waals surface area contributed by atoms with E-state index in [2.05, 4.69) is 12.4 Å². The zero-order valence-corrected chi connectivity index (χ0v) is 8.21. The van der Waals surface area contributed by atoms with Gasteiger partial charge in [-0.3, -0.25) is 7.05 Å². The standard InChI is InChI=1S/C10H12FNO2/c1-12-6-7-4-9(13-2)10(14-3)5-8(7)11/h4-5H,1,6H2,2-3H3/q-1. The lowest BCUT2D eigenvalue weighted by Gasteiger charge is -2.11. The highest BCUT2D eigenvalue weighted by atomic mass is 19.1. The molecule has 1 radical (unpaired) electrons. The molecule has 0 fully saturated rings. The number of nitrogens with zero attached hydrogens (tertiary/aromatic N) is 1. The normalized spacial score (nSPS) is 10.0. The smallest absolute Gasteiger partial charge is 0.163 e. The van der Waals surface area contributed by atoms with Crippen molar-refractivity contribution in [1.82, 2.24) is 5.32 Å². The van der Waals surface area contributed by atoms with Gasteiger partial charge in [-0.25, -0.2) is 4.39 Å². The molecule has 3 nitrogen and oxygen atoms in total. The van der Waals surface area contributed by atoms with Gasteiger partial charge in [-0.2, -0.15) is 0 Å². The Morgan fingerprint density at radius 2 is 1.86 bits per heavy atom. The van der Waals surface area contributed by atoms with Gasteiger partial charge in [0.2, 0.25) is 0 Å². The van der Waals surface area contributed by atoms with Gasteiger partial charge in [-0.15, -0.1) is 0 Å². The van der Waals surface area contributed by atoms with E-state index >= 15 is 0 Å². The molecule has 0 unspecified atom stereocenters. The molecule has 0 atom stereocenters. The number of ether oxygens (including phenoxy) is 2. The average molecular weight is 197 g/mol. The molecule has 1 aromatic rings. The fraction of sp³-hybridized carbons (Fsp3) is 0.300. The molecule has 0 aliphatic heterocycles. The second-order valence-corrected chi connectivity index (χ2v) is 2.68. The number of methoxy groups -OCH3 is 2. The minimum absolute atomic E-state index is 0.228. The van der Waals surface area contributed by atoms with Gasteiger partial charge >= 0.3 is 0 Å². The lowest BCUT2D eigenvalue weighted by Crippen LogP contribution is -2.00. The molecule has 1 aromatic carbocycles. The van der Waals surface area contributed by atoms with Crippen LogP contribution in [-0.4, -0.2) is 14.2 Å². The fourth-order valence-corrected chi connectivity index (χ4v) is 1.14. The van der Waals surface area contributed by atoms with E-state index in [-0.39, 0.29) is 12.4 Å². The first-order valence-corrected chi connectivity index (χ1v) is 4.05. The molecule has 77 valence electrons. The SMILES string of the molecule is [CH2-][N]Cc1cc(OC)c(OC)cc1F. The molecule has 14 heavy (non-hydrogen) atoms. The third-order valence-electron chi connectivity index (χ3n) is 1.83. The summed E-state index contributed by atoms with van der Waals surface area (Å²) in [6.45, 7) is 0.228. The van der Waals surface area contributed by atoms with Crippen molar-refractivity contribution < 1.29 is 13.9 Å². The quantitative estimate of drug-likeness (QED) is 0.689. The van der Waals surface area contributed by atoms with E-state index in [9.17, 15) is 4.39 Å². The van der Waals surface area contributed by atoms with Crippen LogP contribution >= 0.6 is 0 Å². The van der Waals surface area contributed by atoms with Crippen LogP contribution in [0.4, 0.5) is 4.39 Å². The maximum absolute atomic E-state index is 13.3. The first kappa shape index (κ1) is 10.8. The molecule has 0 bridgehead atoms. The van der Waals surface area contributed by atoms with Gasteiger partial charge in [0.25, 0.3) is 0 Å². The van der Waals surface area contributed by atoms with E-state index in [1.165, 1.54) is 20.3 Å². The van der Waals surface area contributed by atoms with E-state index in [0.29, 0.717) is 17.1 Å². The fourth-order valence-electron chi connectivity index (χ4n) is 1.14. The minimum atomic E-state index is -0.366. The summed E-state index contributed by atoms with van der Waals surface area (Å²) in [6, 6.07) is 2.84. The van der Waals surface area contributed by atoms with Crippen molar-refractivity contribution in [3.05, 3.63) is 30.6 Å². The van der Waals surface area contributed by atoms with E-state index < -0.39 is 0 Å². The van der Waals surface area contributed by atoms with Crippen molar-refractivity contribution in [3.8, 4) is 11.5 Å². The summed E-state index contributed by atoms with van der Waals surface area (Å²) >= 11 is 0. The number of halogens is 1. The van der Waals surface area contributed by atoms with Crippen LogP contribution in [0, 0.1) is 12.9 Å². The van der Waals surface area contributed by atoms with Crippen LogP contribution < -0.4 is 14.8 Å². The topological polar surface area (TPSA) is 32.6 Å². The molecule has 0 saturated heterocycles. The van der Waals surface area contributed by atoms with E-state index in [4.69, 9.17) is 9.47 Å². The molecule has 0 saturated carbocycles. The molecule has 0 amide bonds. The van der Waals surface area contributed by atoms with E-state index in [1.54, 1.807) is 6.07 Å². The van der Waals surface area contributed by atoms with Crippen LogP contribution in [0.25, 0.3) is 0 Å². The summed E-state index contributed by atoms with van der Waals surface area (Å²) in [5.74, 6) is 0.500. The monoisotopic (exact) mass is 197 g/mol. The summed E-state index contributed by atoms with van der Waals surface area (Å²) < 4.78 is 23.3. The maximum atomic E-state index is 13.3. The second kappa shape index (κ2) is 4.81. The summed E-state index contributed by atoms with van der Waals surface area (Å²) in [7, 11) is 6.27. The van der Waals surface area contributed by atoms with Crippen LogP contribution in [0.2, 0.25) is 0 Å². The largest absolute Gasteiger partial charge is 0.493 e. The van der Waals surface area contributed by atoms with Crippen LogP contribution in [0.5, 0.6) is 11.5 Å². The highest BCUT2D eigenvalue weighted by Crippen LogP contribution is 2.29. The third kappa shape index (κ3) is 2.14. The van der Waals surface area contributed by atoms with Gasteiger partial charge < -0.3 is 14.8 Å². The first-order valence-electron chi connectivity index (χ1n) is 4.05.